The predicted molar refractivity (Wildman–Crippen MR) is 69.7 cm³/mol. The summed E-state index contributed by atoms with van der Waals surface area (Å²) in [6.45, 7) is 3.72. The van der Waals surface area contributed by atoms with Crippen LogP contribution in [0.3, 0.4) is 0 Å². The fourth-order valence-electron chi connectivity index (χ4n) is 1.51. The molecule has 4 nitrogen and oxygen atoms in total. The number of hydrogen-bond donors (Lipinski definition) is 2. The lowest BCUT2D eigenvalue weighted by atomic mass is 10.2. The number of hydrogen-bond acceptors (Lipinski definition) is 4. The van der Waals surface area contributed by atoms with Crippen LogP contribution < -0.4 is 10.6 Å². The zero-order chi connectivity index (χ0) is 12.0. The van der Waals surface area contributed by atoms with Crippen LogP contribution in [0, 0.1) is 0 Å². The molecular formula is C11H17N3OS. The molecule has 1 rings (SSSR count). The van der Waals surface area contributed by atoms with Gasteiger partial charge < -0.3 is 15.7 Å². The summed E-state index contributed by atoms with van der Waals surface area (Å²) in [6, 6.07) is 3.75. The number of aliphatic hydroxyl groups is 1. The third-order valence-electron chi connectivity index (χ3n) is 2.22. The van der Waals surface area contributed by atoms with Crippen LogP contribution in [-0.2, 0) is 0 Å². The Kier molecular flexibility index (Phi) is 5.14. The average Bonchev–Trinajstić information content (AvgIpc) is 2.29. The van der Waals surface area contributed by atoms with Crippen molar-refractivity contribution in [3.63, 3.8) is 0 Å². The number of pyridine rings is 1. The van der Waals surface area contributed by atoms with E-state index in [9.17, 15) is 0 Å². The smallest absolute Gasteiger partial charge is 0.122 e. The summed E-state index contributed by atoms with van der Waals surface area (Å²) in [6.07, 6.45) is 2.70. The van der Waals surface area contributed by atoms with Gasteiger partial charge in [0.15, 0.2) is 0 Å². The van der Waals surface area contributed by atoms with E-state index < -0.39 is 0 Å². The second-order valence-corrected chi connectivity index (χ2v) is 3.91. The van der Waals surface area contributed by atoms with Crippen LogP contribution in [-0.4, -0.2) is 34.8 Å². The van der Waals surface area contributed by atoms with Gasteiger partial charge in [0.1, 0.15) is 4.99 Å². The largest absolute Gasteiger partial charge is 0.395 e. The van der Waals surface area contributed by atoms with Crippen LogP contribution in [0.4, 0.5) is 5.69 Å². The average molecular weight is 239 g/mol. The van der Waals surface area contributed by atoms with Crippen LogP contribution in [0.25, 0.3) is 0 Å². The molecule has 16 heavy (non-hydrogen) atoms. The first-order valence-corrected chi connectivity index (χ1v) is 5.71. The number of aliphatic hydroxyl groups excluding tert-OH is 1. The molecule has 3 N–H and O–H groups in total. The summed E-state index contributed by atoms with van der Waals surface area (Å²) < 4.78 is 0. The molecule has 1 aromatic rings. The number of rotatable bonds is 6. The SMILES string of the molecule is CCCN(CCO)c1ccnc(C(N)=S)c1. The molecule has 0 saturated heterocycles. The highest BCUT2D eigenvalue weighted by atomic mass is 32.1. The van der Waals surface area contributed by atoms with Gasteiger partial charge in [0, 0.05) is 25.0 Å². The Bertz CT molecular complexity index is 351. The van der Waals surface area contributed by atoms with Crippen molar-refractivity contribution in [2.75, 3.05) is 24.6 Å². The van der Waals surface area contributed by atoms with Crippen LogP contribution >= 0.6 is 12.2 Å². The molecule has 0 aromatic carbocycles. The molecular weight excluding hydrogens is 222 g/mol. The van der Waals surface area contributed by atoms with E-state index in [1.807, 2.05) is 12.1 Å². The maximum absolute atomic E-state index is 9.00. The fourth-order valence-corrected chi connectivity index (χ4v) is 1.62. The fraction of sp³-hybridized carbons (Fsp3) is 0.455. The number of nitrogens with two attached hydrogens (primary N) is 1. The van der Waals surface area contributed by atoms with Crippen LogP contribution in [0.1, 0.15) is 19.0 Å². The van der Waals surface area contributed by atoms with Crippen molar-refractivity contribution in [1.82, 2.24) is 4.98 Å². The highest BCUT2D eigenvalue weighted by molar-refractivity contribution is 7.80. The molecule has 1 heterocycles. The van der Waals surface area contributed by atoms with Crippen molar-refractivity contribution >= 4 is 22.9 Å². The van der Waals surface area contributed by atoms with E-state index in [4.69, 9.17) is 23.1 Å². The van der Waals surface area contributed by atoms with Gasteiger partial charge in [-0.2, -0.15) is 0 Å². The molecule has 1 aromatic heterocycles. The first kappa shape index (κ1) is 12.9. The molecule has 0 fully saturated rings. The number of aromatic nitrogens is 1. The second kappa shape index (κ2) is 6.40. The third kappa shape index (κ3) is 3.43. The van der Waals surface area contributed by atoms with E-state index >= 15 is 0 Å². The Labute approximate surface area is 101 Å². The monoisotopic (exact) mass is 239 g/mol. The maximum Gasteiger partial charge on any atom is 0.122 e. The van der Waals surface area contributed by atoms with Crippen LogP contribution in [0.2, 0.25) is 0 Å². The molecule has 0 aliphatic heterocycles. The summed E-state index contributed by atoms with van der Waals surface area (Å²) in [7, 11) is 0. The van der Waals surface area contributed by atoms with E-state index in [1.54, 1.807) is 6.20 Å². The minimum atomic E-state index is 0.130. The summed E-state index contributed by atoms with van der Waals surface area (Å²) in [5.74, 6) is 0. The van der Waals surface area contributed by atoms with E-state index in [2.05, 4.69) is 16.8 Å². The van der Waals surface area contributed by atoms with E-state index in [0.29, 0.717) is 17.2 Å². The zero-order valence-electron chi connectivity index (χ0n) is 9.39. The molecule has 0 unspecified atom stereocenters. The Hall–Kier alpha value is -1.20. The Morgan fingerprint density at radius 3 is 2.88 bits per heavy atom. The molecule has 0 radical (unpaired) electrons. The van der Waals surface area contributed by atoms with Crippen LogP contribution in [0.15, 0.2) is 18.3 Å². The third-order valence-corrected chi connectivity index (χ3v) is 2.43. The standard InChI is InChI=1S/C11H17N3OS/c1-2-5-14(6-7-15)9-3-4-13-10(8-9)11(12)16/h3-4,8,15H,2,5-7H2,1H3,(H2,12,16). The molecule has 0 atom stereocenters. The predicted octanol–water partition coefficient (Wildman–Crippen LogP) is 0.925. The molecule has 0 bridgehead atoms. The summed E-state index contributed by atoms with van der Waals surface area (Å²) >= 11 is 4.88. The van der Waals surface area contributed by atoms with Gasteiger partial charge in [-0.25, -0.2) is 0 Å². The molecule has 88 valence electrons. The Balaban J connectivity index is 2.90. The van der Waals surface area contributed by atoms with Gasteiger partial charge in [-0.05, 0) is 18.6 Å². The van der Waals surface area contributed by atoms with Gasteiger partial charge in [0.25, 0.3) is 0 Å². The van der Waals surface area contributed by atoms with Gasteiger partial charge in [-0.1, -0.05) is 19.1 Å². The topological polar surface area (TPSA) is 62.4 Å². The van der Waals surface area contributed by atoms with Gasteiger partial charge in [0.2, 0.25) is 0 Å². The highest BCUT2D eigenvalue weighted by Gasteiger charge is 2.07. The lowest BCUT2D eigenvalue weighted by molar-refractivity contribution is 0.302. The summed E-state index contributed by atoms with van der Waals surface area (Å²) in [5, 5.41) is 9.00. The van der Waals surface area contributed by atoms with E-state index in [0.717, 1.165) is 18.7 Å². The Morgan fingerprint density at radius 1 is 1.56 bits per heavy atom. The molecule has 0 saturated carbocycles. The number of thiocarbonyl (C=S) groups is 1. The van der Waals surface area contributed by atoms with Gasteiger partial charge >= 0.3 is 0 Å². The zero-order valence-corrected chi connectivity index (χ0v) is 10.2. The van der Waals surface area contributed by atoms with Crippen molar-refractivity contribution in [3.8, 4) is 0 Å². The summed E-state index contributed by atoms with van der Waals surface area (Å²) in [4.78, 5) is 6.47. The van der Waals surface area contributed by atoms with Crippen LogP contribution in [0.5, 0.6) is 0 Å². The number of nitrogens with zero attached hydrogens (tertiary/aromatic N) is 2. The van der Waals surface area contributed by atoms with Crippen molar-refractivity contribution in [1.29, 1.82) is 0 Å². The molecule has 5 heteroatoms. The van der Waals surface area contributed by atoms with Crippen molar-refractivity contribution < 1.29 is 5.11 Å². The minimum Gasteiger partial charge on any atom is -0.395 e. The summed E-state index contributed by atoms with van der Waals surface area (Å²) in [5.41, 5.74) is 7.14. The van der Waals surface area contributed by atoms with Crippen molar-refractivity contribution in [3.05, 3.63) is 24.0 Å². The first-order chi connectivity index (χ1) is 7.69. The molecule has 0 spiro atoms. The minimum absolute atomic E-state index is 0.130. The molecule has 0 amide bonds. The van der Waals surface area contributed by atoms with Crippen molar-refractivity contribution in [2.45, 2.75) is 13.3 Å². The lowest BCUT2D eigenvalue weighted by Gasteiger charge is -2.23. The van der Waals surface area contributed by atoms with Gasteiger partial charge in [0.05, 0.1) is 12.3 Å². The maximum atomic E-state index is 9.00. The van der Waals surface area contributed by atoms with Crippen molar-refractivity contribution in [2.24, 2.45) is 5.73 Å². The van der Waals surface area contributed by atoms with Gasteiger partial charge in [-0.15, -0.1) is 0 Å². The lowest BCUT2D eigenvalue weighted by Crippen LogP contribution is -2.27. The second-order valence-electron chi connectivity index (χ2n) is 3.47. The van der Waals surface area contributed by atoms with E-state index in [-0.39, 0.29) is 6.61 Å². The van der Waals surface area contributed by atoms with E-state index in [1.165, 1.54) is 0 Å². The Morgan fingerprint density at radius 2 is 2.31 bits per heavy atom. The number of anilines is 1. The molecule has 0 aliphatic carbocycles. The quantitative estimate of drug-likeness (QED) is 0.723. The van der Waals surface area contributed by atoms with Gasteiger partial charge in [-0.3, -0.25) is 4.98 Å². The first-order valence-electron chi connectivity index (χ1n) is 5.30. The highest BCUT2D eigenvalue weighted by Crippen LogP contribution is 2.14. The normalized spacial score (nSPS) is 10.1. The molecule has 0 aliphatic rings.